The third-order valence-corrected chi connectivity index (χ3v) is 3.80. The number of aliphatic carboxylic acids is 1. The van der Waals surface area contributed by atoms with Crippen molar-refractivity contribution in [2.75, 3.05) is 0 Å². The molecule has 0 bridgehead atoms. The molecule has 3 unspecified atom stereocenters. The van der Waals surface area contributed by atoms with Gasteiger partial charge in [-0.25, -0.2) is 0 Å². The monoisotopic (exact) mass is 354 g/mol. The summed E-state index contributed by atoms with van der Waals surface area (Å²) < 4.78 is 0. The number of aliphatic hydroxyl groups is 3. The van der Waals surface area contributed by atoms with Crippen LogP contribution in [0.3, 0.4) is 0 Å². The average molecular weight is 354 g/mol. The highest BCUT2D eigenvalue weighted by Gasteiger charge is 2.21. The molecule has 0 aliphatic rings. The Labute approximate surface area is 151 Å². The minimum atomic E-state index is -1.21. The Balaban J connectivity index is 3.92. The van der Waals surface area contributed by atoms with Gasteiger partial charge in [0.15, 0.2) is 0 Å². The molecule has 0 fully saturated rings. The smallest absolute Gasteiger partial charge is 0.303 e. The van der Waals surface area contributed by atoms with Crippen LogP contribution < -0.4 is 0 Å². The maximum atomic E-state index is 10.3. The fraction of sp³-hybridized carbons (Fsp3) is 0.650. The van der Waals surface area contributed by atoms with Gasteiger partial charge in [0, 0.05) is 6.42 Å². The lowest BCUT2D eigenvalue weighted by Gasteiger charge is -2.19. The highest BCUT2D eigenvalue weighted by molar-refractivity contribution is 5.66. The molecule has 0 aromatic rings. The minimum absolute atomic E-state index is 0.163. The van der Waals surface area contributed by atoms with E-state index in [1.54, 1.807) is 6.08 Å². The maximum Gasteiger partial charge on any atom is 0.303 e. The highest BCUT2D eigenvalue weighted by Crippen LogP contribution is 2.08. The van der Waals surface area contributed by atoms with E-state index >= 15 is 0 Å². The third kappa shape index (κ3) is 14.6. The summed E-state index contributed by atoms with van der Waals surface area (Å²) in [7, 11) is 0. The first-order chi connectivity index (χ1) is 12.0. The fourth-order valence-electron chi connectivity index (χ4n) is 2.23. The van der Waals surface area contributed by atoms with Crippen molar-refractivity contribution in [3.05, 3.63) is 36.5 Å². The Hall–Kier alpha value is -1.43. The predicted molar refractivity (Wildman–Crippen MR) is 100 cm³/mol. The van der Waals surface area contributed by atoms with E-state index < -0.39 is 24.3 Å². The van der Waals surface area contributed by atoms with E-state index in [4.69, 9.17) is 5.11 Å². The number of carbonyl (C=O) groups is 1. The highest BCUT2D eigenvalue weighted by atomic mass is 16.4. The molecular formula is C20H34O5. The zero-order valence-corrected chi connectivity index (χ0v) is 15.3. The quantitative estimate of drug-likeness (QED) is 0.267. The normalized spacial score (nSPS) is 16.0. The van der Waals surface area contributed by atoms with Gasteiger partial charge in [-0.05, 0) is 38.5 Å². The molecule has 0 saturated carbocycles. The molecule has 0 saturated heterocycles. The van der Waals surface area contributed by atoms with Crippen molar-refractivity contribution in [1.82, 2.24) is 0 Å². The summed E-state index contributed by atoms with van der Waals surface area (Å²) in [4.78, 5) is 10.3. The van der Waals surface area contributed by atoms with Crippen molar-refractivity contribution >= 4 is 5.97 Å². The zero-order valence-electron chi connectivity index (χ0n) is 15.3. The summed E-state index contributed by atoms with van der Waals surface area (Å²) in [6, 6.07) is 0. The number of hydrogen-bond donors (Lipinski definition) is 4. The van der Waals surface area contributed by atoms with Crippen molar-refractivity contribution in [2.45, 2.75) is 83.0 Å². The van der Waals surface area contributed by atoms with Crippen LogP contribution in [0.1, 0.15) is 64.7 Å². The van der Waals surface area contributed by atoms with E-state index in [1.807, 2.05) is 24.3 Å². The van der Waals surface area contributed by atoms with Gasteiger partial charge in [-0.15, -0.1) is 0 Å². The van der Waals surface area contributed by atoms with E-state index in [9.17, 15) is 20.1 Å². The van der Waals surface area contributed by atoms with Crippen LogP contribution in [-0.4, -0.2) is 44.7 Å². The van der Waals surface area contributed by atoms with Gasteiger partial charge in [-0.2, -0.15) is 0 Å². The molecule has 25 heavy (non-hydrogen) atoms. The molecule has 144 valence electrons. The summed E-state index contributed by atoms with van der Waals surface area (Å²) in [6.45, 7) is 2.15. The van der Waals surface area contributed by atoms with E-state index in [0.717, 1.165) is 12.8 Å². The first kappa shape index (κ1) is 23.6. The molecule has 0 rings (SSSR count). The second-order valence-corrected chi connectivity index (χ2v) is 6.17. The van der Waals surface area contributed by atoms with E-state index in [-0.39, 0.29) is 6.42 Å². The molecule has 0 radical (unpaired) electrons. The van der Waals surface area contributed by atoms with Crippen LogP contribution in [0.4, 0.5) is 0 Å². The van der Waals surface area contributed by atoms with Crippen LogP contribution in [0.15, 0.2) is 36.5 Å². The molecule has 4 N–H and O–H groups in total. The van der Waals surface area contributed by atoms with Gasteiger partial charge in [0.2, 0.25) is 0 Å². The molecule has 0 aliphatic carbocycles. The van der Waals surface area contributed by atoms with Gasteiger partial charge >= 0.3 is 5.97 Å². The van der Waals surface area contributed by atoms with Crippen LogP contribution in [0.25, 0.3) is 0 Å². The Bertz CT molecular complexity index is 414. The van der Waals surface area contributed by atoms with Crippen molar-refractivity contribution in [2.24, 2.45) is 0 Å². The van der Waals surface area contributed by atoms with E-state index in [2.05, 4.69) is 6.92 Å². The number of carboxylic acid groups (broad SMARTS) is 1. The topological polar surface area (TPSA) is 98.0 Å². The fourth-order valence-corrected chi connectivity index (χ4v) is 2.23. The van der Waals surface area contributed by atoms with Gasteiger partial charge < -0.3 is 20.4 Å². The van der Waals surface area contributed by atoms with Crippen molar-refractivity contribution in [1.29, 1.82) is 0 Å². The van der Waals surface area contributed by atoms with E-state index in [0.29, 0.717) is 25.7 Å². The molecule has 0 heterocycles. The summed E-state index contributed by atoms with van der Waals surface area (Å²) in [5.41, 5.74) is 0. The predicted octanol–water partition coefficient (Wildman–Crippen LogP) is 3.35. The van der Waals surface area contributed by atoms with Crippen LogP contribution in [0, 0.1) is 0 Å². The molecular weight excluding hydrogens is 320 g/mol. The molecule has 0 aliphatic heterocycles. The lowest BCUT2D eigenvalue weighted by atomic mass is 10.0. The van der Waals surface area contributed by atoms with Gasteiger partial charge in [0.05, 0.1) is 6.10 Å². The zero-order chi connectivity index (χ0) is 18.9. The second-order valence-electron chi connectivity index (χ2n) is 6.17. The number of rotatable bonds is 15. The molecule has 0 aromatic heterocycles. The number of hydrogen-bond acceptors (Lipinski definition) is 4. The lowest BCUT2D eigenvalue weighted by Crippen LogP contribution is -2.35. The van der Waals surface area contributed by atoms with Crippen molar-refractivity contribution in [3.8, 4) is 0 Å². The minimum Gasteiger partial charge on any atom is -0.481 e. The molecule has 0 aromatic carbocycles. The third-order valence-electron chi connectivity index (χ3n) is 3.80. The van der Waals surface area contributed by atoms with Crippen LogP contribution in [0.2, 0.25) is 0 Å². The standard InChI is InChI=1S/C20H34O5/c1-2-3-4-5-8-11-14-17(21)20(25)18(22)15-12-9-6-7-10-13-16-19(23)24/h6-8,11-12,15,17-18,20-22,25H,2-5,9-10,13-14,16H2,1H3,(H,23,24). The molecule has 5 nitrogen and oxygen atoms in total. The molecule has 3 atom stereocenters. The Morgan fingerprint density at radius 2 is 1.60 bits per heavy atom. The van der Waals surface area contributed by atoms with Crippen LogP contribution >= 0.6 is 0 Å². The summed E-state index contributed by atoms with van der Waals surface area (Å²) in [6.07, 6.45) is 14.3. The maximum absolute atomic E-state index is 10.3. The first-order valence-electron chi connectivity index (χ1n) is 9.21. The van der Waals surface area contributed by atoms with Gasteiger partial charge in [0.25, 0.3) is 0 Å². The molecule has 5 heteroatoms. The summed E-state index contributed by atoms with van der Waals surface area (Å²) >= 11 is 0. The van der Waals surface area contributed by atoms with E-state index in [1.165, 1.54) is 18.9 Å². The number of unbranched alkanes of at least 4 members (excludes halogenated alkanes) is 4. The van der Waals surface area contributed by atoms with Gasteiger partial charge in [-0.1, -0.05) is 56.2 Å². The van der Waals surface area contributed by atoms with Gasteiger partial charge in [0.1, 0.15) is 12.2 Å². The first-order valence-corrected chi connectivity index (χ1v) is 9.21. The Morgan fingerprint density at radius 1 is 0.920 bits per heavy atom. The van der Waals surface area contributed by atoms with Gasteiger partial charge in [-0.3, -0.25) is 4.79 Å². The van der Waals surface area contributed by atoms with Crippen molar-refractivity contribution < 1.29 is 25.2 Å². The molecule has 0 amide bonds. The van der Waals surface area contributed by atoms with Crippen molar-refractivity contribution in [3.63, 3.8) is 0 Å². The summed E-state index contributed by atoms with van der Waals surface area (Å²) in [5, 5.41) is 38.1. The second kappa shape index (κ2) is 16.1. The SMILES string of the molecule is CCCCCC=CCC(O)C(O)C(O)C=CCC=CCCCC(=O)O. The average Bonchev–Trinajstić information content (AvgIpc) is 2.58. The lowest BCUT2D eigenvalue weighted by molar-refractivity contribution is -0.137. The summed E-state index contributed by atoms with van der Waals surface area (Å²) in [5.74, 6) is -0.792. The van der Waals surface area contributed by atoms with Crippen LogP contribution in [-0.2, 0) is 4.79 Å². The number of aliphatic hydroxyl groups excluding tert-OH is 3. The molecule has 0 spiro atoms. The Morgan fingerprint density at radius 3 is 2.28 bits per heavy atom. The number of allylic oxidation sites excluding steroid dienone is 4. The largest absolute Gasteiger partial charge is 0.481 e. The van der Waals surface area contributed by atoms with Crippen LogP contribution in [0.5, 0.6) is 0 Å². The number of carboxylic acids is 1. The Kier molecular flexibility index (Phi) is 15.1.